The summed E-state index contributed by atoms with van der Waals surface area (Å²) in [5.41, 5.74) is 5.18. The van der Waals surface area contributed by atoms with E-state index in [9.17, 15) is 18.8 Å². The molecule has 0 spiro atoms. The molecule has 0 saturated heterocycles. The van der Waals surface area contributed by atoms with Crippen molar-refractivity contribution in [2.75, 3.05) is 6.54 Å². The highest BCUT2D eigenvalue weighted by Gasteiger charge is 2.34. The lowest BCUT2D eigenvalue weighted by Gasteiger charge is -2.30. The number of hydrogen-bond donors (Lipinski definition) is 3. The van der Waals surface area contributed by atoms with E-state index in [0.29, 0.717) is 23.4 Å². The van der Waals surface area contributed by atoms with Crippen LogP contribution in [0.4, 0.5) is 4.39 Å². The molecule has 1 aliphatic rings. The first-order valence-corrected chi connectivity index (χ1v) is 11.1. The molecule has 0 unspecified atom stereocenters. The van der Waals surface area contributed by atoms with E-state index in [4.69, 9.17) is 5.73 Å². The number of carbonyl (C=O) groups is 3. The molecule has 32 heavy (non-hydrogen) atoms. The number of fused-ring (bicyclic) bond motifs is 1. The van der Waals surface area contributed by atoms with Crippen LogP contribution in [-0.2, 0) is 16.1 Å². The number of carbonyl (C=O) groups excluding carboxylic acids is 3. The van der Waals surface area contributed by atoms with Crippen LogP contribution in [0.15, 0.2) is 18.2 Å². The van der Waals surface area contributed by atoms with E-state index in [1.807, 2.05) is 0 Å². The number of nitrogens with zero attached hydrogens (tertiary/aromatic N) is 2. The second kappa shape index (κ2) is 9.67. The summed E-state index contributed by atoms with van der Waals surface area (Å²) in [5.74, 6) is -1.67. The molecule has 3 rings (SSSR count). The lowest BCUT2D eigenvalue weighted by atomic mass is 9.86. The highest BCUT2D eigenvalue weighted by Crippen LogP contribution is 2.28. The highest BCUT2D eigenvalue weighted by molar-refractivity contribution is 6.06. The number of aromatic nitrogens is 2. The fourth-order valence-corrected chi connectivity index (χ4v) is 4.22. The fourth-order valence-electron chi connectivity index (χ4n) is 4.22. The second-order valence-corrected chi connectivity index (χ2v) is 9.65. The first-order chi connectivity index (χ1) is 15.1. The summed E-state index contributed by atoms with van der Waals surface area (Å²) in [5, 5.41) is 10.3. The summed E-state index contributed by atoms with van der Waals surface area (Å²) in [6.45, 7) is 5.71. The molecule has 1 heterocycles. The molecule has 1 saturated carbocycles. The quantitative estimate of drug-likeness (QED) is 0.607. The van der Waals surface area contributed by atoms with E-state index in [0.717, 1.165) is 12.8 Å². The van der Waals surface area contributed by atoms with Crippen LogP contribution in [0.5, 0.6) is 0 Å². The van der Waals surface area contributed by atoms with Gasteiger partial charge >= 0.3 is 0 Å². The van der Waals surface area contributed by atoms with Crippen LogP contribution in [0, 0.1) is 17.2 Å². The third kappa shape index (κ3) is 5.63. The van der Waals surface area contributed by atoms with Crippen LogP contribution in [0.3, 0.4) is 0 Å². The molecular weight excluding hydrogens is 413 g/mol. The Morgan fingerprint density at radius 2 is 1.91 bits per heavy atom. The van der Waals surface area contributed by atoms with Crippen molar-refractivity contribution in [3.63, 3.8) is 0 Å². The molecule has 1 atom stereocenters. The molecule has 174 valence electrons. The molecule has 3 amide bonds. The van der Waals surface area contributed by atoms with E-state index in [2.05, 4.69) is 15.7 Å². The predicted octanol–water partition coefficient (Wildman–Crippen LogP) is 2.50. The van der Waals surface area contributed by atoms with Gasteiger partial charge in [-0.3, -0.25) is 19.1 Å². The van der Waals surface area contributed by atoms with Gasteiger partial charge in [0.25, 0.3) is 5.91 Å². The van der Waals surface area contributed by atoms with Crippen LogP contribution >= 0.6 is 0 Å². The molecule has 1 aromatic carbocycles. The highest BCUT2D eigenvalue weighted by atomic mass is 19.1. The van der Waals surface area contributed by atoms with Crippen molar-refractivity contribution in [3.05, 3.63) is 29.7 Å². The van der Waals surface area contributed by atoms with Crippen molar-refractivity contribution in [1.29, 1.82) is 0 Å². The van der Waals surface area contributed by atoms with Crippen molar-refractivity contribution in [2.45, 2.75) is 65.5 Å². The van der Waals surface area contributed by atoms with E-state index >= 15 is 0 Å². The Balaban J connectivity index is 1.88. The number of amides is 3. The summed E-state index contributed by atoms with van der Waals surface area (Å²) in [7, 11) is 0. The normalized spacial score (nSPS) is 16.0. The second-order valence-electron chi connectivity index (χ2n) is 9.65. The van der Waals surface area contributed by atoms with Gasteiger partial charge in [-0.15, -0.1) is 0 Å². The van der Waals surface area contributed by atoms with Crippen molar-refractivity contribution >= 4 is 28.6 Å². The van der Waals surface area contributed by atoms with Gasteiger partial charge in [0.05, 0.1) is 12.1 Å². The number of rotatable bonds is 7. The molecule has 2 aromatic rings. The SMILES string of the molecule is CC(C)(C)[C@H](NC(=O)c1nn(CC2CCCCC2)c2cc(F)ccc12)C(=O)NCC(N)=O. The van der Waals surface area contributed by atoms with Gasteiger partial charge < -0.3 is 16.4 Å². The maximum absolute atomic E-state index is 14.0. The minimum absolute atomic E-state index is 0.146. The van der Waals surface area contributed by atoms with Crippen molar-refractivity contribution in [2.24, 2.45) is 17.1 Å². The molecule has 1 aliphatic carbocycles. The molecule has 9 heteroatoms. The third-order valence-corrected chi connectivity index (χ3v) is 5.93. The fraction of sp³-hybridized carbons (Fsp3) is 0.565. The largest absolute Gasteiger partial charge is 0.368 e. The maximum Gasteiger partial charge on any atom is 0.273 e. The first kappa shape index (κ1) is 23.7. The Morgan fingerprint density at radius 3 is 2.53 bits per heavy atom. The van der Waals surface area contributed by atoms with Crippen LogP contribution in [-0.4, -0.2) is 40.1 Å². The van der Waals surface area contributed by atoms with Crippen LogP contribution in [0.1, 0.15) is 63.4 Å². The summed E-state index contributed by atoms with van der Waals surface area (Å²) >= 11 is 0. The zero-order valence-electron chi connectivity index (χ0n) is 18.9. The Morgan fingerprint density at radius 1 is 1.22 bits per heavy atom. The Hall–Kier alpha value is -2.97. The number of benzene rings is 1. The molecule has 0 radical (unpaired) electrons. The lowest BCUT2D eigenvalue weighted by molar-refractivity contribution is -0.128. The smallest absolute Gasteiger partial charge is 0.273 e. The molecular formula is C23H32FN5O3. The topological polar surface area (TPSA) is 119 Å². The van der Waals surface area contributed by atoms with E-state index in [1.165, 1.54) is 31.4 Å². The number of nitrogens with one attached hydrogen (secondary N) is 2. The molecule has 8 nitrogen and oxygen atoms in total. The minimum atomic E-state index is -0.923. The van der Waals surface area contributed by atoms with Gasteiger partial charge in [0.2, 0.25) is 11.8 Å². The lowest BCUT2D eigenvalue weighted by Crippen LogP contribution is -2.54. The van der Waals surface area contributed by atoms with Crippen molar-refractivity contribution in [1.82, 2.24) is 20.4 Å². The Labute approximate surface area is 187 Å². The minimum Gasteiger partial charge on any atom is -0.368 e. The number of hydrogen-bond acceptors (Lipinski definition) is 4. The first-order valence-electron chi connectivity index (χ1n) is 11.1. The van der Waals surface area contributed by atoms with Gasteiger partial charge in [0.15, 0.2) is 5.69 Å². The van der Waals surface area contributed by atoms with E-state index in [1.54, 1.807) is 31.5 Å². The van der Waals surface area contributed by atoms with Gasteiger partial charge in [-0.1, -0.05) is 40.0 Å². The van der Waals surface area contributed by atoms with Gasteiger partial charge in [-0.05, 0) is 42.4 Å². The zero-order valence-corrected chi connectivity index (χ0v) is 18.9. The predicted molar refractivity (Wildman–Crippen MR) is 119 cm³/mol. The van der Waals surface area contributed by atoms with Crippen molar-refractivity contribution in [3.8, 4) is 0 Å². The van der Waals surface area contributed by atoms with E-state index < -0.39 is 35.0 Å². The van der Waals surface area contributed by atoms with Crippen molar-refractivity contribution < 1.29 is 18.8 Å². The van der Waals surface area contributed by atoms with Crippen LogP contribution in [0.2, 0.25) is 0 Å². The number of halogens is 1. The summed E-state index contributed by atoms with van der Waals surface area (Å²) in [4.78, 5) is 36.9. The average Bonchev–Trinajstić information content (AvgIpc) is 3.07. The van der Waals surface area contributed by atoms with Gasteiger partial charge in [0.1, 0.15) is 11.9 Å². The summed E-state index contributed by atoms with van der Waals surface area (Å²) in [6.07, 6.45) is 5.73. The van der Waals surface area contributed by atoms with Crippen LogP contribution in [0.25, 0.3) is 10.9 Å². The number of primary amides is 1. The molecule has 1 aromatic heterocycles. The molecule has 0 aliphatic heterocycles. The van der Waals surface area contributed by atoms with Gasteiger partial charge in [-0.25, -0.2) is 4.39 Å². The Kier molecular flexibility index (Phi) is 7.16. The third-order valence-electron chi connectivity index (χ3n) is 5.93. The molecule has 1 fully saturated rings. The van der Waals surface area contributed by atoms with Crippen LogP contribution < -0.4 is 16.4 Å². The number of nitrogens with two attached hydrogens (primary N) is 1. The monoisotopic (exact) mass is 445 g/mol. The summed E-state index contributed by atoms with van der Waals surface area (Å²) in [6, 6.07) is 3.31. The maximum atomic E-state index is 14.0. The molecule has 0 bridgehead atoms. The average molecular weight is 446 g/mol. The molecule has 4 N–H and O–H groups in total. The standard InChI is InChI=1S/C23H32FN5O3/c1-23(2,3)20(22(32)26-12-18(25)30)27-21(31)19-16-10-9-15(24)11-17(16)29(28-19)13-14-7-5-4-6-8-14/h9-11,14,20H,4-8,12-13H2,1-3H3,(H2,25,30)(H,26,32)(H,27,31)/t20-/m1/s1. The van der Waals surface area contributed by atoms with Gasteiger partial charge in [0, 0.05) is 11.9 Å². The Bertz CT molecular complexity index is 1000. The van der Waals surface area contributed by atoms with Gasteiger partial charge in [-0.2, -0.15) is 5.10 Å². The van der Waals surface area contributed by atoms with E-state index in [-0.39, 0.29) is 12.2 Å². The summed E-state index contributed by atoms with van der Waals surface area (Å²) < 4.78 is 15.7. The zero-order chi connectivity index (χ0) is 23.5.